The Morgan fingerprint density at radius 1 is 1.14 bits per heavy atom. The zero-order chi connectivity index (χ0) is 25.2. The van der Waals surface area contributed by atoms with Gasteiger partial charge in [0.15, 0.2) is 17.5 Å². The van der Waals surface area contributed by atoms with Crippen LogP contribution in [0.2, 0.25) is 0 Å². The van der Waals surface area contributed by atoms with Gasteiger partial charge in [0.2, 0.25) is 5.82 Å². The summed E-state index contributed by atoms with van der Waals surface area (Å²) in [5.41, 5.74) is 1.92. The monoisotopic (exact) mass is 494 g/mol. The summed E-state index contributed by atoms with van der Waals surface area (Å²) in [6, 6.07) is 7.74. The van der Waals surface area contributed by atoms with Crippen molar-refractivity contribution in [3.05, 3.63) is 66.3 Å². The summed E-state index contributed by atoms with van der Waals surface area (Å²) >= 11 is 0. The van der Waals surface area contributed by atoms with E-state index in [0.717, 1.165) is 11.7 Å². The van der Waals surface area contributed by atoms with Gasteiger partial charge >= 0.3 is 6.09 Å². The van der Waals surface area contributed by atoms with Crippen LogP contribution >= 0.6 is 0 Å². The van der Waals surface area contributed by atoms with Crippen LogP contribution in [0.15, 0.2) is 48.9 Å². The SMILES string of the molecule is C[C@H](Nc1nc(-c2cnn3ccccc23)nc(N2CCC(NC(=O)O)CC2)c1F)c1ccc(F)cn1. The van der Waals surface area contributed by atoms with Gasteiger partial charge in [-0.25, -0.2) is 23.7 Å². The molecule has 0 bridgehead atoms. The van der Waals surface area contributed by atoms with Gasteiger partial charge in [-0.15, -0.1) is 0 Å². The number of nitrogens with zero attached hydrogens (tertiary/aromatic N) is 6. The Balaban J connectivity index is 1.52. The van der Waals surface area contributed by atoms with E-state index in [1.807, 2.05) is 18.2 Å². The number of halogens is 2. The standard InChI is InChI=1S/C24H24F2N8O2/c1-14(18-6-5-15(25)12-27-18)29-22-20(26)23(33-10-7-16(8-11-33)30-24(35)36)32-21(31-22)17-13-28-34-9-3-2-4-19(17)34/h2-6,9,12-14,16,30H,7-8,10-11H2,1H3,(H,35,36)(H,29,31,32)/t14-/m0/s1. The lowest BCUT2D eigenvalue weighted by Crippen LogP contribution is -2.44. The molecule has 1 saturated heterocycles. The second kappa shape index (κ2) is 9.72. The predicted molar refractivity (Wildman–Crippen MR) is 129 cm³/mol. The van der Waals surface area contributed by atoms with Crippen molar-refractivity contribution in [2.24, 2.45) is 0 Å². The van der Waals surface area contributed by atoms with Crippen molar-refractivity contribution in [2.75, 3.05) is 23.3 Å². The average molecular weight is 495 g/mol. The number of fused-ring (bicyclic) bond motifs is 1. The smallest absolute Gasteiger partial charge is 0.404 e. The fourth-order valence-corrected chi connectivity index (χ4v) is 4.30. The minimum absolute atomic E-state index is 0.0188. The summed E-state index contributed by atoms with van der Waals surface area (Å²) in [6.45, 7) is 2.61. The van der Waals surface area contributed by atoms with Crippen molar-refractivity contribution < 1.29 is 18.7 Å². The molecule has 10 nitrogen and oxygen atoms in total. The number of piperidine rings is 1. The van der Waals surface area contributed by atoms with Crippen LogP contribution in [0, 0.1) is 11.6 Å². The molecule has 0 radical (unpaired) electrons. The molecule has 5 rings (SSSR count). The van der Waals surface area contributed by atoms with Crippen molar-refractivity contribution in [1.82, 2.24) is 29.9 Å². The van der Waals surface area contributed by atoms with Gasteiger partial charge in [0.05, 0.1) is 35.2 Å². The molecule has 0 saturated carbocycles. The van der Waals surface area contributed by atoms with Crippen LogP contribution in [0.3, 0.4) is 0 Å². The maximum atomic E-state index is 15.8. The van der Waals surface area contributed by atoms with Crippen LogP contribution in [0.4, 0.5) is 25.2 Å². The van der Waals surface area contributed by atoms with E-state index in [0.29, 0.717) is 43.0 Å². The minimum atomic E-state index is -1.08. The van der Waals surface area contributed by atoms with Gasteiger partial charge in [-0.05, 0) is 44.0 Å². The van der Waals surface area contributed by atoms with Crippen molar-refractivity contribution >= 4 is 23.2 Å². The molecular weight excluding hydrogens is 470 g/mol. The number of amides is 1. The first-order valence-corrected chi connectivity index (χ1v) is 11.5. The summed E-state index contributed by atoms with van der Waals surface area (Å²) in [6.07, 6.45) is 4.48. The van der Waals surface area contributed by atoms with E-state index < -0.39 is 23.8 Å². The molecule has 36 heavy (non-hydrogen) atoms. The fourth-order valence-electron chi connectivity index (χ4n) is 4.30. The van der Waals surface area contributed by atoms with E-state index in [4.69, 9.17) is 5.11 Å². The highest BCUT2D eigenvalue weighted by Crippen LogP contribution is 2.32. The van der Waals surface area contributed by atoms with Crippen LogP contribution < -0.4 is 15.5 Å². The molecule has 1 aliphatic heterocycles. The number of rotatable bonds is 6. The summed E-state index contributed by atoms with van der Waals surface area (Å²) < 4.78 is 30.8. The molecule has 0 unspecified atom stereocenters. The van der Waals surface area contributed by atoms with Crippen molar-refractivity contribution in [2.45, 2.75) is 31.8 Å². The molecule has 1 fully saturated rings. The second-order valence-corrected chi connectivity index (χ2v) is 8.60. The molecule has 0 aromatic carbocycles. The largest absolute Gasteiger partial charge is 0.465 e. The van der Waals surface area contributed by atoms with Gasteiger partial charge in [0, 0.05) is 25.3 Å². The third-order valence-corrected chi connectivity index (χ3v) is 6.17. The zero-order valence-electron chi connectivity index (χ0n) is 19.4. The van der Waals surface area contributed by atoms with Crippen LogP contribution in [0.1, 0.15) is 31.5 Å². The maximum absolute atomic E-state index is 15.8. The number of anilines is 2. The Bertz CT molecular complexity index is 1390. The van der Waals surface area contributed by atoms with E-state index in [2.05, 4.69) is 30.7 Å². The van der Waals surface area contributed by atoms with Crippen molar-refractivity contribution in [1.29, 1.82) is 0 Å². The van der Waals surface area contributed by atoms with Gasteiger partial charge in [0.1, 0.15) is 5.82 Å². The molecule has 4 aromatic rings. The molecule has 1 aliphatic rings. The Morgan fingerprint density at radius 3 is 2.67 bits per heavy atom. The van der Waals surface area contributed by atoms with Gasteiger partial charge in [0.25, 0.3) is 0 Å². The first-order chi connectivity index (χ1) is 17.4. The molecular formula is C24H24F2N8O2. The highest BCUT2D eigenvalue weighted by molar-refractivity contribution is 5.77. The number of hydrogen-bond donors (Lipinski definition) is 3. The number of aromatic nitrogens is 5. The molecule has 3 N–H and O–H groups in total. The van der Waals surface area contributed by atoms with Crippen LogP contribution in [-0.2, 0) is 0 Å². The summed E-state index contributed by atoms with van der Waals surface area (Å²) in [7, 11) is 0. The number of carboxylic acid groups (broad SMARTS) is 1. The fraction of sp³-hybridized carbons (Fsp3) is 0.292. The van der Waals surface area contributed by atoms with E-state index in [-0.39, 0.29) is 17.7 Å². The third kappa shape index (κ3) is 4.74. The Kier molecular flexibility index (Phi) is 6.32. The first-order valence-electron chi connectivity index (χ1n) is 11.5. The van der Waals surface area contributed by atoms with E-state index in [1.54, 1.807) is 28.7 Å². The van der Waals surface area contributed by atoms with Crippen LogP contribution in [-0.4, -0.2) is 54.9 Å². The van der Waals surface area contributed by atoms with Crippen LogP contribution in [0.5, 0.6) is 0 Å². The lowest BCUT2D eigenvalue weighted by molar-refractivity contribution is 0.187. The van der Waals surface area contributed by atoms with E-state index in [1.165, 1.54) is 12.1 Å². The molecule has 1 amide bonds. The normalized spacial score (nSPS) is 15.1. The zero-order valence-corrected chi connectivity index (χ0v) is 19.4. The predicted octanol–water partition coefficient (Wildman–Crippen LogP) is 3.87. The third-order valence-electron chi connectivity index (χ3n) is 6.17. The lowest BCUT2D eigenvalue weighted by Gasteiger charge is -2.33. The Hall–Kier alpha value is -4.35. The van der Waals surface area contributed by atoms with Crippen LogP contribution in [0.25, 0.3) is 16.9 Å². The first kappa shape index (κ1) is 23.4. The molecule has 186 valence electrons. The summed E-state index contributed by atoms with van der Waals surface area (Å²) in [5.74, 6) is -0.702. The highest BCUT2D eigenvalue weighted by atomic mass is 19.1. The van der Waals surface area contributed by atoms with Gasteiger partial charge < -0.3 is 20.6 Å². The minimum Gasteiger partial charge on any atom is -0.465 e. The van der Waals surface area contributed by atoms with Crippen molar-refractivity contribution in [3.63, 3.8) is 0 Å². The van der Waals surface area contributed by atoms with E-state index >= 15 is 4.39 Å². The lowest BCUT2D eigenvalue weighted by atomic mass is 10.1. The highest BCUT2D eigenvalue weighted by Gasteiger charge is 2.27. The molecule has 5 heterocycles. The average Bonchev–Trinajstić information content (AvgIpc) is 3.30. The summed E-state index contributed by atoms with van der Waals surface area (Å²) in [4.78, 5) is 25.9. The van der Waals surface area contributed by atoms with Gasteiger partial charge in [-0.2, -0.15) is 9.49 Å². The number of pyridine rings is 2. The second-order valence-electron chi connectivity index (χ2n) is 8.60. The van der Waals surface area contributed by atoms with Gasteiger partial charge in [-0.3, -0.25) is 4.98 Å². The Labute approximate surface area is 205 Å². The maximum Gasteiger partial charge on any atom is 0.404 e. The molecule has 4 aromatic heterocycles. The molecule has 0 spiro atoms. The van der Waals surface area contributed by atoms with E-state index in [9.17, 15) is 9.18 Å². The van der Waals surface area contributed by atoms with Crippen molar-refractivity contribution in [3.8, 4) is 11.4 Å². The molecule has 0 aliphatic carbocycles. The molecule has 12 heteroatoms. The summed E-state index contributed by atoms with van der Waals surface area (Å²) in [5, 5.41) is 18.9. The number of carbonyl (C=O) groups is 1. The topological polar surface area (TPSA) is 121 Å². The van der Waals surface area contributed by atoms with Gasteiger partial charge in [-0.1, -0.05) is 6.07 Å². The number of nitrogens with one attached hydrogen (secondary N) is 2. The quantitative estimate of drug-likeness (QED) is 0.369. The number of hydrogen-bond acceptors (Lipinski definition) is 7. The molecule has 1 atom stereocenters. The Morgan fingerprint density at radius 2 is 1.94 bits per heavy atom.